The highest BCUT2D eigenvalue weighted by molar-refractivity contribution is 7.85. The summed E-state index contributed by atoms with van der Waals surface area (Å²) in [5, 5.41) is 3.66. The molecular weight excluding hydrogens is 142 g/mol. The standard InChI is InChI=1S/C4H10NO3S/c1-5-3-2-4-9(6,7)8/h2-4H2,1H3,(H,6,7,8). The molecule has 1 N–H and O–H groups in total. The van der Waals surface area contributed by atoms with Crippen LogP contribution in [0.2, 0.25) is 0 Å². The van der Waals surface area contributed by atoms with Gasteiger partial charge in [-0.15, -0.1) is 0 Å². The van der Waals surface area contributed by atoms with Gasteiger partial charge in [-0.1, -0.05) is 0 Å². The van der Waals surface area contributed by atoms with Gasteiger partial charge in [-0.05, 0) is 6.42 Å². The van der Waals surface area contributed by atoms with Crippen molar-refractivity contribution < 1.29 is 13.0 Å². The normalized spacial score (nSPS) is 11.8. The van der Waals surface area contributed by atoms with E-state index >= 15 is 0 Å². The Morgan fingerprint density at radius 3 is 2.44 bits per heavy atom. The molecule has 0 aliphatic carbocycles. The minimum Gasteiger partial charge on any atom is -0.286 e. The van der Waals surface area contributed by atoms with Gasteiger partial charge < -0.3 is 0 Å². The molecule has 0 aromatic rings. The molecule has 0 unspecified atom stereocenters. The fourth-order valence-corrected chi connectivity index (χ4v) is 0.899. The van der Waals surface area contributed by atoms with E-state index in [0.29, 0.717) is 13.0 Å². The third-order valence-electron chi connectivity index (χ3n) is 0.784. The third-order valence-corrected chi connectivity index (χ3v) is 1.59. The summed E-state index contributed by atoms with van der Waals surface area (Å²) >= 11 is 0. The first kappa shape index (κ1) is 8.87. The van der Waals surface area contributed by atoms with E-state index in [2.05, 4.69) is 5.32 Å². The number of rotatable bonds is 4. The molecule has 0 rings (SSSR count). The molecule has 0 aromatic carbocycles. The molecule has 5 heteroatoms. The predicted molar refractivity (Wildman–Crippen MR) is 34.0 cm³/mol. The maximum atomic E-state index is 10.0. The van der Waals surface area contributed by atoms with Gasteiger partial charge >= 0.3 is 0 Å². The maximum absolute atomic E-state index is 10.0. The van der Waals surface area contributed by atoms with Gasteiger partial charge in [0.25, 0.3) is 10.1 Å². The second kappa shape index (κ2) is 3.81. The van der Waals surface area contributed by atoms with Gasteiger partial charge in [-0.25, -0.2) is 5.32 Å². The molecular formula is C4H10NO3S. The van der Waals surface area contributed by atoms with E-state index in [-0.39, 0.29) is 5.75 Å². The molecule has 0 bridgehead atoms. The Bertz CT molecular complexity index is 151. The van der Waals surface area contributed by atoms with Crippen molar-refractivity contribution >= 4 is 10.1 Å². The second-order valence-electron chi connectivity index (χ2n) is 1.68. The van der Waals surface area contributed by atoms with Crippen molar-refractivity contribution in [2.75, 3.05) is 19.3 Å². The fourth-order valence-electron chi connectivity index (χ4n) is 0.405. The molecule has 9 heavy (non-hydrogen) atoms. The molecule has 0 amide bonds. The van der Waals surface area contributed by atoms with Crippen LogP contribution in [-0.2, 0) is 10.1 Å². The van der Waals surface area contributed by atoms with Crippen molar-refractivity contribution in [1.29, 1.82) is 0 Å². The zero-order valence-electron chi connectivity index (χ0n) is 5.24. The molecule has 0 saturated carbocycles. The minimum atomic E-state index is -3.76. The lowest BCUT2D eigenvalue weighted by molar-refractivity contribution is 0.480. The molecule has 55 valence electrons. The summed E-state index contributed by atoms with van der Waals surface area (Å²) in [5.41, 5.74) is 0. The van der Waals surface area contributed by atoms with Crippen LogP contribution in [0, 0.1) is 0 Å². The SMILES string of the molecule is C[N]CCCS(=O)(=O)O. The summed E-state index contributed by atoms with van der Waals surface area (Å²) in [7, 11) is -2.16. The zero-order valence-corrected chi connectivity index (χ0v) is 6.06. The first-order valence-electron chi connectivity index (χ1n) is 2.57. The van der Waals surface area contributed by atoms with Crippen LogP contribution >= 0.6 is 0 Å². The molecule has 0 saturated heterocycles. The van der Waals surface area contributed by atoms with Gasteiger partial charge in [-0.2, -0.15) is 8.42 Å². The van der Waals surface area contributed by atoms with Crippen LogP contribution in [0.3, 0.4) is 0 Å². The molecule has 1 radical (unpaired) electrons. The summed E-state index contributed by atoms with van der Waals surface area (Å²) in [6.07, 6.45) is 0.398. The zero-order chi connectivity index (χ0) is 7.33. The van der Waals surface area contributed by atoms with Gasteiger partial charge in [0, 0.05) is 13.6 Å². The van der Waals surface area contributed by atoms with Gasteiger partial charge in [0.1, 0.15) is 0 Å². The van der Waals surface area contributed by atoms with Crippen molar-refractivity contribution in [1.82, 2.24) is 5.32 Å². The second-order valence-corrected chi connectivity index (χ2v) is 3.25. The van der Waals surface area contributed by atoms with Crippen molar-refractivity contribution in [3.05, 3.63) is 0 Å². The van der Waals surface area contributed by atoms with E-state index in [1.54, 1.807) is 7.05 Å². The van der Waals surface area contributed by atoms with Gasteiger partial charge in [0.15, 0.2) is 0 Å². The predicted octanol–water partition coefficient (Wildman–Crippen LogP) is -0.501. The highest BCUT2D eigenvalue weighted by Crippen LogP contribution is 1.85. The fraction of sp³-hybridized carbons (Fsp3) is 1.00. The summed E-state index contributed by atoms with van der Waals surface area (Å²) in [5.74, 6) is -0.190. The average molecular weight is 152 g/mol. The Kier molecular flexibility index (Phi) is 3.76. The molecule has 0 atom stereocenters. The molecule has 0 fully saturated rings. The lowest BCUT2D eigenvalue weighted by Gasteiger charge is -1.93. The van der Waals surface area contributed by atoms with E-state index < -0.39 is 10.1 Å². The Morgan fingerprint density at radius 2 is 2.11 bits per heavy atom. The Hall–Kier alpha value is -0.130. The summed E-state index contributed by atoms with van der Waals surface area (Å²) < 4.78 is 28.2. The largest absolute Gasteiger partial charge is 0.286 e. The van der Waals surface area contributed by atoms with Crippen LogP contribution in [-0.4, -0.2) is 32.3 Å². The maximum Gasteiger partial charge on any atom is 0.264 e. The van der Waals surface area contributed by atoms with E-state index in [1.807, 2.05) is 0 Å². The van der Waals surface area contributed by atoms with Gasteiger partial charge in [0.05, 0.1) is 5.75 Å². The first-order valence-corrected chi connectivity index (χ1v) is 4.18. The van der Waals surface area contributed by atoms with E-state index in [4.69, 9.17) is 4.55 Å². The van der Waals surface area contributed by atoms with E-state index in [9.17, 15) is 8.42 Å². The smallest absolute Gasteiger partial charge is 0.264 e. The van der Waals surface area contributed by atoms with E-state index in [1.165, 1.54) is 0 Å². The van der Waals surface area contributed by atoms with Gasteiger partial charge in [0.2, 0.25) is 0 Å². The Labute approximate surface area is 55.0 Å². The molecule has 0 aliphatic heterocycles. The first-order chi connectivity index (χ1) is 4.06. The monoisotopic (exact) mass is 152 g/mol. The highest BCUT2D eigenvalue weighted by Gasteiger charge is 2.01. The van der Waals surface area contributed by atoms with Crippen LogP contribution in [0.4, 0.5) is 0 Å². The summed E-state index contributed by atoms with van der Waals surface area (Å²) in [4.78, 5) is 0. The lowest BCUT2D eigenvalue weighted by atomic mass is 10.5. The number of hydrogen-bond donors (Lipinski definition) is 1. The molecule has 0 spiro atoms. The van der Waals surface area contributed by atoms with Gasteiger partial charge in [-0.3, -0.25) is 4.55 Å². The average Bonchev–Trinajstić information content (AvgIpc) is 1.63. The Morgan fingerprint density at radius 1 is 1.56 bits per heavy atom. The molecule has 0 aromatic heterocycles. The number of hydrogen-bond acceptors (Lipinski definition) is 2. The topological polar surface area (TPSA) is 68.5 Å². The summed E-state index contributed by atoms with van der Waals surface area (Å²) in [6.45, 7) is 0.486. The van der Waals surface area contributed by atoms with Crippen LogP contribution < -0.4 is 5.32 Å². The van der Waals surface area contributed by atoms with Crippen LogP contribution in [0.5, 0.6) is 0 Å². The van der Waals surface area contributed by atoms with Crippen LogP contribution in [0.15, 0.2) is 0 Å². The Balaban J connectivity index is 3.30. The summed E-state index contributed by atoms with van der Waals surface area (Å²) in [6, 6.07) is 0. The quantitative estimate of drug-likeness (QED) is 0.436. The lowest BCUT2D eigenvalue weighted by Crippen LogP contribution is -2.09. The van der Waals surface area contributed by atoms with Crippen molar-refractivity contribution in [2.45, 2.75) is 6.42 Å². The van der Waals surface area contributed by atoms with Crippen molar-refractivity contribution in [3.8, 4) is 0 Å². The molecule has 0 heterocycles. The minimum absolute atomic E-state index is 0.190. The van der Waals surface area contributed by atoms with Crippen molar-refractivity contribution in [2.24, 2.45) is 0 Å². The third kappa shape index (κ3) is 7.87. The van der Waals surface area contributed by atoms with E-state index in [0.717, 1.165) is 0 Å². The van der Waals surface area contributed by atoms with Crippen molar-refractivity contribution in [3.63, 3.8) is 0 Å². The molecule has 0 aliphatic rings. The highest BCUT2D eigenvalue weighted by atomic mass is 32.2. The molecule has 4 nitrogen and oxygen atoms in total. The van der Waals surface area contributed by atoms with Crippen LogP contribution in [0.25, 0.3) is 0 Å². The number of nitrogens with zero attached hydrogens (tertiary/aromatic N) is 1. The van der Waals surface area contributed by atoms with Crippen LogP contribution in [0.1, 0.15) is 6.42 Å².